The van der Waals surface area contributed by atoms with Gasteiger partial charge in [0.05, 0.1) is 11.7 Å². The quantitative estimate of drug-likeness (QED) is 0.428. The van der Waals surface area contributed by atoms with Gasteiger partial charge in [0.2, 0.25) is 0 Å². The van der Waals surface area contributed by atoms with Crippen molar-refractivity contribution in [1.29, 1.82) is 0 Å². The van der Waals surface area contributed by atoms with Crippen molar-refractivity contribution in [2.45, 2.75) is 31.4 Å². The normalized spacial score (nSPS) is 16.1. The molecule has 0 fully saturated rings. The van der Waals surface area contributed by atoms with Crippen LogP contribution in [0.25, 0.3) is 0 Å². The van der Waals surface area contributed by atoms with E-state index in [-0.39, 0.29) is 11.6 Å². The highest BCUT2D eigenvalue weighted by molar-refractivity contribution is 5.89. The lowest BCUT2D eigenvalue weighted by molar-refractivity contribution is 0.0696. The van der Waals surface area contributed by atoms with Crippen molar-refractivity contribution in [2.75, 3.05) is 18.9 Å². The Morgan fingerprint density at radius 2 is 2.06 bits per heavy atom. The highest BCUT2D eigenvalue weighted by atomic mass is 16.5. The van der Waals surface area contributed by atoms with E-state index in [0.717, 1.165) is 24.8 Å². The maximum absolute atomic E-state index is 11.4. The number of aliphatic hydroxyl groups excluding tert-OH is 1. The van der Waals surface area contributed by atoms with Gasteiger partial charge in [-0.1, -0.05) is 12.1 Å². The summed E-state index contributed by atoms with van der Waals surface area (Å²) in [5.41, 5.74) is 4.13. The minimum Gasteiger partial charge on any atom is -0.478 e. The molecule has 2 atom stereocenters. The Kier molecular flexibility index (Phi) is 6.68. The van der Waals surface area contributed by atoms with E-state index in [4.69, 9.17) is 4.74 Å². The fourth-order valence-corrected chi connectivity index (χ4v) is 4.00. The molecule has 1 aliphatic rings. The van der Waals surface area contributed by atoms with Crippen molar-refractivity contribution in [3.8, 4) is 11.5 Å². The van der Waals surface area contributed by atoms with Crippen LogP contribution < -0.4 is 15.4 Å². The Labute approximate surface area is 187 Å². The Bertz CT molecular complexity index is 1090. The molecule has 0 radical (unpaired) electrons. The summed E-state index contributed by atoms with van der Waals surface area (Å²) in [5.74, 6) is 0.142. The molecule has 4 N–H and O–H groups in total. The maximum atomic E-state index is 11.4. The molecule has 0 saturated carbocycles. The summed E-state index contributed by atoms with van der Waals surface area (Å²) < 4.78 is 6.00. The third-order valence-electron chi connectivity index (χ3n) is 5.75. The zero-order valence-corrected chi connectivity index (χ0v) is 17.9. The van der Waals surface area contributed by atoms with E-state index in [1.807, 2.05) is 24.3 Å². The van der Waals surface area contributed by atoms with Gasteiger partial charge >= 0.3 is 5.97 Å². The lowest BCUT2D eigenvalue weighted by Crippen LogP contribution is -2.37. The van der Waals surface area contributed by atoms with Gasteiger partial charge in [-0.25, -0.2) is 4.79 Å². The SMILES string of the molecule is CNc1cc(Oc2ccc3c(c2)C[C@@H](NC[C@@H](O)c2cccnc2)CC3)cc(C(=O)O)c1. The number of aromatic carboxylic acids is 1. The molecule has 2 aromatic carbocycles. The van der Waals surface area contributed by atoms with Gasteiger partial charge in [0, 0.05) is 49.3 Å². The highest BCUT2D eigenvalue weighted by Gasteiger charge is 2.20. The van der Waals surface area contributed by atoms with Crippen molar-refractivity contribution >= 4 is 11.7 Å². The van der Waals surface area contributed by atoms with Gasteiger partial charge in [0.15, 0.2) is 0 Å². The average molecular weight is 434 g/mol. The van der Waals surface area contributed by atoms with Crippen LogP contribution in [0.4, 0.5) is 5.69 Å². The van der Waals surface area contributed by atoms with Crippen molar-refractivity contribution < 1.29 is 19.7 Å². The molecule has 0 spiro atoms. The summed E-state index contributed by atoms with van der Waals surface area (Å²) in [6, 6.07) is 14.8. The second kappa shape index (κ2) is 9.80. The number of carbonyl (C=O) groups is 1. The molecular formula is C25H27N3O4. The first-order valence-electron chi connectivity index (χ1n) is 10.7. The molecule has 7 nitrogen and oxygen atoms in total. The predicted molar refractivity (Wildman–Crippen MR) is 122 cm³/mol. The summed E-state index contributed by atoms with van der Waals surface area (Å²) in [6.07, 6.45) is 5.57. The standard InChI is InChI=1S/C25H27N3O4/c1-26-21-10-19(25(30)31)12-23(13-21)32-22-7-5-16-4-6-20(9-18(16)11-22)28-15-24(29)17-3-2-8-27-14-17/h2-3,5,7-8,10-14,20,24,26,28-29H,4,6,9,15H2,1H3,(H,30,31)/t20-,24+/m0/s1. The van der Waals surface area contributed by atoms with Crippen LogP contribution in [0, 0.1) is 0 Å². The molecule has 1 aliphatic carbocycles. The summed E-state index contributed by atoms with van der Waals surface area (Å²) >= 11 is 0. The van der Waals surface area contributed by atoms with Crippen LogP contribution in [0.3, 0.4) is 0 Å². The van der Waals surface area contributed by atoms with Crippen LogP contribution in [0.2, 0.25) is 0 Å². The van der Waals surface area contributed by atoms with Gasteiger partial charge in [0.25, 0.3) is 0 Å². The predicted octanol–water partition coefficient (Wildman–Crippen LogP) is 3.79. The second-order valence-electron chi connectivity index (χ2n) is 7.98. The van der Waals surface area contributed by atoms with Crippen molar-refractivity contribution in [3.63, 3.8) is 0 Å². The summed E-state index contributed by atoms with van der Waals surface area (Å²) in [5, 5.41) is 26.2. The third kappa shape index (κ3) is 5.25. The molecule has 1 aromatic heterocycles. The molecular weight excluding hydrogens is 406 g/mol. The number of aryl methyl sites for hydroxylation is 1. The number of fused-ring (bicyclic) bond motifs is 1. The third-order valence-corrected chi connectivity index (χ3v) is 5.75. The molecule has 1 heterocycles. The van der Waals surface area contributed by atoms with E-state index in [9.17, 15) is 15.0 Å². The molecule has 0 unspecified atom stereocenters. The molecule has 166 valence electrons. The zero-order valence-electron chi connectivity index (χ0n) is 17.9. The number of aliphatic hydroxyl groups is 1. The fraction of sp³-hybridized carbons (Fsp3) is 0.280. The number of benzene rings is 2. The molecule has 3 aromatic rings. The van der Waals surface area contributed by atoms with Crippen molar-refractivity contribution in [3.05, 3.63) is 83.2 Å². The van der Waals surface area contributed by atoms with E-state index in [1.54, 1.807) is 31.6 Å². The molecule has 0 saturated heterocycles. The number of hydrogen-bond donors (Lipinski definition) is 4. The number of carboxylic acids is 1. The average Bonchev–Trinajstić information content (AvgIpc) is 2.82. The smallest absolute Gasteiger partial charge is 0.335 e. The lowest BCUT2D eigenvalue weighted by Gasteiger charge is -2.27. The molecule has 0 amide bonds. The van der Waals surface area contributed by atoms with Gasteiger partial charge in [-0.05, 0) is 60.7 Å². The van der Waals surface area contributed by atoms with E-state index in [2.05, 4.69) is 21.7 Å². The number of carboxylic acid groups (broad SMARTS) is 1. The number of ether oxygens (including phenoxy) is 1. The Hall–Kier alpha value is -3.42. The van der Waals surface area contributed by atoms with Crippen LogP contribution in [-0.4, -0.2) is 40.8 Å². The van der Waals surface area contributed by atoms with Crippen LogP contribution in [0.5, 0.6) is 11.5 Å². The van der Waals surface area contributed by atoms with Crippen LogP contribution in [0.1, 0.15) is 39.6 Å². The van der Waals surface area contributed by atoms with Crippen LogP contribution >= 0.6 is 0 Å². The van der Waals surface area contributed by atoms with Gasteiger partial charge in [0.1, 0.15) is 11.5 Å². The first-order valence-corrected chi connectivity index (χ1v) is 10.7. The minimum absolute atomic E-state index is 0.168. The van der Waals surface area contributed by atoms with Crippen LogP contribution in [-0.2, 0) is 12.8 Å². The number of nitrogens with one attached hydrogen (secondary N) is 2. The van der Waals surface area contributed by atoms with E-state index >= 15 is 0 Å². The Balaban J connectivity index is 1.43. The van der Waals surface area contributed by atoms with Gasteiger partial charge < -0.3 is 25.6 Å². The largest absolute Gasteiger partial charge is 0.478 e. The number of anilines is 1. The molecule has 0 aliphatic heterocycles. The molecule has 7 heteroatoms. The van der Waals surface area contributed by atoms with E-state index in [1.165, 1.54) is 17.2 Å². The molecule has 4 rings (SSSR count). The Morgan fingerprint density at radius 1 is 1.19 bits per heavy atom. The fourth-order valence-electron chi connectivity index (χ4n) is 4.00. The molecule has 32 heavy (non-hydrogen) atoms. The number of aromatic nitrogens is 1. The minimum atomic E-state index is -1.00. The maximum Gasteiger partial charge on any atom is 0.335 e. The lowest BCUT2D eigenvalue weighted by atomic mass is 9.88. The number of pyridine rings is 1. The van der Waals surface area contributed by atoms with Crippen LogP contribution in [0.15, 0.2) is 60.9 Å². The van der Waals surface area contributed by atoms with Crippen molar-refractivity contribution in [1.82, 2.24) is 10.3 Å². The first-order chi connectivity index (χ1) is 15.5. The van der Waals surface area contributed by atoms with Gasteiger partial charge in [-0.15, -0.1) is 0 Å². The summed E-state index contributed by atoms with van der Waals surface area (Å²) in [4.78, 5) is 15.5. The van der Waals surface area contributed by atoms with Gasteiger partial charge in [-0.3, -0.25) is 4.98 Å². The Morgan fingerprint density at radius 3 is 2.81 bits per heavy atom. The number of hydrogen-bond acceptors (Lipinski definition) is 6. The van der Waals surface area contributed by atoms with Gasteiger partial charge in [-0.2, -0.15) is 0 Å². The highest BCUT2D eigenvalue weighted by Crippen LogP contribution is 2.30. The topological polar surface area (TPSA) is 104 Å². The summed E-state index contributed by atoms with van der Waals surface area (Å²) in [7, 11) is 1.74. The zero-order chi connectivity index (χ0) is 22.5. The van der Waals surface area contributed by atoms with Crippen molar-refractivity contribution in [2.24, 2.45) is 0 Å². The molecule has 0 bridgehead atoms. The van der Waals surface area contributed by atoms with E-state index < -0.39 is 12.1 Å². The monoisotopic (exact) mass is 433 g/mol. The summed E-state index contributed by atoms with van der Waals surface area (Å²) in [6.45, 7) is 0.469. The van der Waals surface area contributed by atoms with E-state index in [0.29, 0.717) is 23.7 Å². The first kappa shape index (κ1) is 21.8. The number of rotatable bonds is 8. The number of nitrogens with zero attached hydrogens (tertiary/aromatic N) is 1. The second-order valence-corrected chi connectivity index (χ2v) is 7.98.